The number of hydrogen-bond donors (Lipinski definition) is 0. The first-order chi connectivity index (χ1) is 7.41. The molecular weight excluding hydrogens is 323 g/mol. The molecule has 90 valence electrons. The van der Waals surface area contributed by atoms with Gasteiger partial charge in [0.05, 0.1) is 13.2 Å². The van der Waals surface area contributed by atoms with Crippen molar-refractivity contribution in [2.75, 3.05) is 13.2 Å². The molecule has 0 aromatic heterocycles. The quantitative estimate of drug-likeness (QED) is 0.423. The van der Waals surface area contributed by atoms with Gasteiger partial charge in [-0.1, -0.05) is 43.0 Å². The zero-order valence-electron chi connectivity index (χ0n) is 9.36. The molecule has 0 radical (unpaired) electrons. The number of halogens is 1. The van der Waals surface area contributed by atoms with E-state index < -0.39 is 17.4 Å². The molecular formula is C11H15IO4. The van der Waals surface area contributed by atoms with Crippen molar-refractivity contribution in [1.29, 1.82) is 0 Å². The summed E-state index contributed by atoms with van der Waals surface area (Å²) >= 11 is 1.93. The molecule has 4 nitrogen and oxygen atoms in total. The highest BCUT2D eigenvalue weighted by Crippen LogP contribution is 2.16. The van der Waals surface area contributed by atoms with Crippen LogP contribution >= 0.6 is 22.6 Å². The highest BCUT2D eigenvalue weighted by molar-refractivity contribution is 14.1. The van der Waals surface area contributed by atoms with E-state index in [-0.39, 0.29) is 13.2 Å². The molecule has 0 spiro atoms. The molecule has 0 aliphatic heterocycles. The van der Waals surface area contributed by atoms with E-state index in [4.69, 9.17) is 9.47 Å². The van der Waals surface area contributed by atoms with E-state index in [0.29, 0.717) is 0 Å². The monoisotopic (exact) mass is 338 g/mol. The molecule has 0 amide bonds. The Bertz CT molecular complexity index is 294. The zero-order valence-corrected chi connectivity index (χ0v) is 11.5. The average molecular weight is 338 g/mol. The molecule has 0 bridgehead atoms. The third kappa shape index (κ3) is 7.44. The highest BCUT2D eigenvalue weighted by Gasteiger charge is 2.21. The van der Waals surface area contributed by atoms with Crippen LogP contribution in [0.2, 0.25) is 0 Å². The number of carbonyl (C=O) groups is 2. The molecule has 0 aliphatic carbocycles. The molecule has 0 aromatic rings. The Morgan fingerprint density at radius 2 is 1.75 bits per heavy atom. The molecule has 0 N–H and O–H groups in total. The first-order valence-electron chi connectivity index (χ1n) is 4.64. The van der Waals surface area contributed by atoms with Gasteiger partial charge in [-0.25, -0.2) is 9.59 Å². The van der Waals surface area contributed by atoms with E-state index >= 15 is 0 Å². The SMILES string of the molecule is C=CC(=O)OCC(C)(C)COC(=O)/C=C/I. The third-order valence-electron chi connectivity index (χ3n) is 1.58. The van der Waals surface area contributed by atoms with Gasteiger partial charge in [-0.15, -0.1) is 0 Å². The Morgan fingerprint density at radius 1 is 1.25 bits per heavy atom. The molecule has 0 rings (SSSR count). The molecule has 0 unspecified atom stereocenters. The van der Waals surface area contributed by atoms with Crippen LogP contribution in [0.5, 0.6) is 0 Å². The second-order valence-corrected chi connectivity index (χ2v) is 4.60. The summed E-state index contributed by atoms with van der Waals surface area (Å²) in [5.41, 5.74) is -0.409. The lowest BCUT2D eigenvalue weighted by atomic mass is 9.96. The Balaban J connectivity index is 3.99. The van der Waals surface area contributed by atoms with E-state index in [9.17, 15) is 9.59 Å². The van der Waals surface area contributed by atoms with Crippen LogP contribution in [-0.4, -0.2) is 25.2 Å². The number of ether oxygens (including phenoxy) is 2. The maximum absolute atomic E-state index is 11.0. The summed E-state index contributed by atoms with van der Waals surface area (Å²) in [7, 11) is 0. The second kappa shape index (κ2) is 7.43. The number of hydrogen-bond acceptors (Lipinski definition) is 4. The maximum Gasteiger partial charge on any atom is 0.331 e. The smallest absolute Gasteiger partial charge is 0.331 e. The van der Waals surface area contributed by atoms with Crippen LogP contribution in [0.15, 0.2) is 22.8 Å². The Hall–Kier alpha value is -0.850. The van der Waals surface area contributed by atoms with Crippen molar-refractivity contribution in [2.24, 2.45) is 5.41 Å². The summed E-state index contributed by atoms with van der Waals surface area (Å²) in [5.74, 6) is -0.885. The molecule has 0 aromatic carbocycles. The van der Waals surface area contributed by atoms with Gasteiger partial charge < -0.3 is 9.47 Å². The molecule has 5 heteroatoms. The second-order valence-electron chi connectivity index (χ2n) is 3.88. The lowest BCUT2D eigenvalue weighted by Crippen LogP contribution is -2.27. The minimum Gasteiger partial charge on any atom is -0.462 e. The van der Waals surface area contributed by atoms with Crippen molar-refractivity contribution in [2.45, 2.75) is 13.8 Å². The fourth-order valence-electron chi connectivity index (χ4n) is 0.733. The topological polar surface area (TPSA) is 52.6 Å². The Morgan fingerprint density at radius 3 is 2.19 bits per heavy atom. The van der Waals surface area contributed by atoms with Crippen LogP contribution in [0.1, 0.15) is 13.8 Å². The molecule has 0 atom stereocenters. The van der Waals surface area contributed by atoms with Crippen molar-refractivity contribution in [1.82, 2.24) is 0 Å². The summed E-state index contributed by atoms with van der Waals surface area (Å²) in [6, 6.07) is 0. The average Bonchev–Trinajstić information content (AvgIpc) is 2.24. The van der Waals surface area contributed by atoms with Crippen molar-refractivity contribution in [3.8, 4) is 0 Å². The van der Waals surface area contributed by atoms with Gasteiger partial charge in [0, 0.05) is 17.6 Å². The normalized spacial score (nSPS) is 11.2. The third-order valence-corrected chi connectivity index (χ3v) is 1.94. The number of esters is 2. The lowest BCUT2D eigenvalue weighted by molar-refractivity contribution is -0.146. The standard InChI is InChI=1S/C11H15IO4/c1-4-9(13)15-7-11(2,3)8-16-10(14)5-6-12/h4-6H,1,7-8H2,2-3H3/b6-5+. The fraction of sp³-hybridized carbons (Fsp3) is 0.455. The van der Waals surface area contributed by atoms with Gasteiger partial charge >= 0.3 is 11.9 Å². The Labute approximate surface area is 109 Å². The summed E-state index contributed by atoms with van der Waals surface area (Å²) in [6.07, 6.45) is 2.42. The maximum atomic E-state index is 11.0. The first-order valence-corrected chi connectivity index (χ1v) is 5.88. The molecule has 16 heavy (non-hydrogen) atoms. The molecule has 0 heterocycles. The summed E-state index contributed by atoms with van der Waals surface area (Å²) in [6.45, 7) is 7.34. The van der Waals surface area contributed by atoms with Crippen molar-refractivity contribution < 1.29 is 19.1 Å². The van der Waals surface area contributed by atoms with Crippen LogP contribution in [0, 0.1) is 5.41 Å². The molecule has 0 saturated carbocycles. The predicted molar refractivity (Wildman–Crippen MR) is 69.1 cm³/mol. The van der Waals surface area contributed by atoms with Gasteiger partial charge in [0.2, 0.25) is 0 Å². The summed E-state index contributed by atoms with van der Waals surface area (Å²) < 4.78 is 11.4. The lowest BCUT2D eigenvalue weighted by Gasteiger charge is -2.22. The van der Waals surface area contributed by atoms with Gasteiger partial charge in [-0.2, -0.15) is 0 Å². The van der Waals surface area contributed by atoms with Gasteiger partial charge in [-0.3, -0.25) is 0 Å². The van der Waals surface area contributed by atoms with Gasteiger partial charge in [0.25, 0.3) is 0 Å². The van der Waals surface area contributed by atoms with E-state index in [1.165, 1.54) is 6.08 Å². The first kappa shape index (κ1) is 15.2. The van der Waals surface area contributed by atoms with Gasteiger partial charge in [-0.05, 0) is 4.08 Å². The van der Waals surface area contributed by atoms with Crippen molar-refractivity contribution in [3.05, 3.63) is 22.8 Å². The Kier molecular flexibility index (Phi) is 7.03. The highest BCUT2D eigenvalue weighted by atomic mass is 127. The van der Waals surface area contributed by atoms with Crippen LogP contribution in [-0.2, 0) is 19.1 Å². The van der Waals surface area contributed by atoms with E-state index in [1.807, 2.05) is 36.4 Å². The minimum atomic E-state index is -0.480. The van der Waals surface area contributed by atoms with Gasteiger partial charge in [0.15, 0.2) is 0 Å². The van der Waals surface area contributed by atoms with Crippen LogP contribution in [0.3, 0.4) is 0 Å². The van der Waals surface area contributed by atoms with Crippen molar-refractivity contribution in [3.63, 3.8) is 0 Å². The zero-order chi connectivity index (χ0) is 12.6. The summed E-state index contributed by atoms with van der Waals surface area (Å²) in [5, 5.41) is 0. The van der Waals surface area contributed by atoms with Crippen molar-refractivity contribution >= 4 is 34.5 Å². The minimum absolute atomic E-state index is 0.180. The largest absolute Gasteiger partial charge is 0.462 e. The molecule has 0 aliphatic rings. The van der Waals surface area contributed by atoms with Gasteiger partial charge in [0.1, 0.15) is 0 Å². The van der Waals surface area contributed by atoms with Crippen LogP contribution in [0.25, 0.3) is 0 Å². The molecule has 0 fully saturated rings. The number of carbonyl (C=O) groups excluding carboxylic acids is 2. The van der Waals surface area contributed by atoms with E-state index in [1.54, 1.807) is 4.08 Å². The van der Waals surface area contributed by atoms with Crippen LogP contribution < -0.4 is 0 Å². The van der Waals surface area contributed by atoms with Crippen LogP contribution in [0.4, 0.5) is 0 Å². The van der Waals surface area contributed by atoms with E-state index in [0.717, 1.165) is 6.08 Å². The predicted octanol–water partition coefficient (Wildman–Crippen LogP) is 2.23. The van der Waals surface area contributed by atoms with E-state index in [2.05, 4.69) is 6.58 Å². The fourth-order valence-corrected chi connectivity index (χ4v) is 1.03. The number of rotatable bonds is 6. The summed E-state index contributed by atoms with van der Waals surface area (Å²) in [4.78, 5) is 21.9. The molecule has 0 saturated heterocycles.